The molecule has 0 saturated carbocycles. The lowest BCUT2D eigenvalue weighted by Gasteiger charge is -2.22. The molecule has 0 heterocycles. The van der Waals surface area contributed by atoms with Crippen LogP contribution in [0.5, 0.6) is 5.75 Å². The quantitative estimate of drug-likeness (QED) is 0.578. The molecule has 0 radical (unpaired) electrons. The third-order valence-electron chi connectivity index (χ3n) is 3.91. The Bertz CT molecular complexity index is 398. The first-order valence-electron chi connectivity index (χ1n) is 8.94. The van der Waals surface area contributed by atoms with Gasteiger partial charge in [0.25, 0.3) is 0 Å². The molecule has 1 aromatic carbocycles. The highest BCUT2D eigenvalue weighted by atomic mass is 16.5. The minimum Gasteiger partial charge on any atom is -0.491 e. The molecule has 2 N–H and O–H groups in total. The van der Waals surface area contributed by atoms with Gasteiger partial charge >= 0.3 is 0 Å². The first kappa shape index (κ1) is 18.8. The fourth-order valence-corrected chi connectivity index (χ4v) is 2.48. The molecule has 0 aliphatic heterocycles. The molecule has 0 aliphatic rings. The number of nitrogens with zero attached hydrogens (tertiary/aromatic N) is 1. The van der Waals surface area contributed by atoms with Gasteiger partial charge in [0.1, 0.15) is 5.75 Å². The maximum Gasteiger partial charge on any atom is 0.142 e. The van der Waals surface area contributed by atoms with E-state index in [9.17, 15) is 0 Å². The third kappa shape index (κ3) is 7.17. The molecule has 0 aliphatic carbocycles. The molecule has 22 heavy (non-hydrogen) atoms. The molecule has 1 rings (SSSR count). The zero-order valence-corrected chi connectivity index (χ0v) is 14.7. The second-order valence-electron chi connectivity index (χ2n) is 6.02. The van der Waals surface area contributed by atoms with Crippen molar-refractivity contribution in [1.82, 2.24) is 4.90 Å². The summed E-state index contributed by atoms with van der Waals surface area (Å²) in [6.07, 6.45) is 7.17. The molecule has 0 amide bonds. The maximum absolute atomic E-state index is 6.09. The van der Waals surface area contributed by atoms with Crippen LogP contribution in [-0.4, -0.2) is 31.1 Å². The Balaban J connectivity index is 2.51. The standard InChI is InChI=1S/C19H34N2O/c1-4-7-12-21(13-8-5-2)14-11-17-9-10-19(18(20)16-17)22-15-6-3/h9-10,16H,4-8,11-15,20H2,1-3H3. The lowest BCUT2D eigenvalue weighted by molar-refractivity contribution is 0.268. The lowest BCUT2D eigenvalue weighted by atomic mass is 10.1. The summed E-state index contributed by atoms with van der Waals surface area (Å²) in [7, 11) is 0. The van der Waals surface area contributed by atoms with Crippen molar-refractivity contribution >= 4 is 5.69 Å². The molecule has 1 aromatic rings. The fourth-order valence-electron chi connectivity index (χ4n) is 2.48. The highest BCUT2D eigenvalue weighted by Gasteiger charge is 2.06. The molecule has 0 unspecified atom stereocenters. The zero-order chi connectivity index (χ0) is 16.2. The summed E-state index contributed by atoms with van der Waals surface area (Å²) in [6, 6.07) is 6.24. The van der Waals surface area contributed by atoms with Crippen molar-refractivity contribution in [3.63, 3.8) is 0 Å². The summed E-state index contributed by atoms with van der Waals surface area (Å²) in [4.78, 5) is 2.59. The van der Waals surface area contributed by atoms with Gasteiger partial charge in [-0.2, -0.15) is 0 Å². The van der Waals surface area contributed by atoms with Crippen LogP contribution in [0.15, 0.2) is 18.2 Å². The van der Waals surface area contributed by atoms with Gasteiger partial charge in [0.2, 0.25) is 0 Å². The Labute approximate surface area is 136 Å². The Kier molecular flexibility index (Phi) is 9.72. The Morgan fingerprint density at radius 1 is 0.955 bits per heavy atom. The van der Waals surface area contributed by atoms with Crippen molar-refractivity contribution in [1.29, 1.82) is 0 Å². The predicted molar refractivity (Wildman–Crippen MR) is 96.6 cm³/mol. The minimum absolute atomic E-state index is 0.728. The molecule has 0 bridgehead atoms. The van der Waals surface area contributed by atoms with Gasteiger partial charge in [0.05, 0.1) is 12.3 Å². The highest BCUT2D eigenvalue weighted by molar-refractivity contribution is 5.54. The Morgan fingerprint density at radius 2 is 1.64 bits per heavy atom. The first-order valence-corrected chi connectivity index (χ1v) is 8.94. The van der Waals surface area contributed by atoms with Crippen molar-refractivity contribution in [3.05, 3.63) is 23.8 Å². The van der Waals surface area contributed by atoms with Crippen LogP contribution in [0, 0.1) is 0 Å². The van der Waals surface area contributed by atoms with Gasteiger partial charge in [-0.25, -0.2) is 0 Å². The number of benzene rings is 1. The van der Waals surface area contributed by atoms with Crippen LogP contribution >= 0.6 is 0 Å². The number of ether oxygens (including phenoxy) is 1. The van der Waals surface area contributed by atoms with E-state index < -0.39 is 0 Å². The van der Waals surface area contributed by atoms with E-state index in [-0.39, 0.29) is 0 Å². The van der Waals surface area contributed by atoms with Gasteiger partial charge < -0.3 is 15.4 Å². The summed E-state index contributed by atoms with van der Waals surface area (Å²) in [5.74, 6) is 0.819. The summed E-state index contributed by atoms with van der Waals surface area (Å²) < 4.78 is 5.64. The zero-order valence-electron chi connectivity index (χ0n) is 14.7. The number of rotatable bonds is 12. The molecule has 0 atom stereocenters. The number of unbranched alkanes of at least 4 members (excludes halogenated alkanes) is 2. The van der Waals surface area contributed by atoms with Gasteiger partial charge in [-0.15, -0.1) is 0 Å². The molecular formula is C19H34N2O. The van der Waals surface area contributed by atoms with E-state index in [2.05, 4.69) is 37.8 Å². The Hall–Kier alpha value is -1.22. The van der Waals surface area contributed by atoms with Crippen molar-refractivity contribution < 1.29 is 4.74 Å². The van der Waals surface area contributed by atoms with E-state index in [1.54, 1.807) is 0 Å². The van der Waals surface area contributed by atoms with Crippen LogP contribution in [-0.2, 0) is 6.42 Å². The molecule has 3 nitrogen and oxygen atoms in total. The van der Waals surface area contributed by atoms with Gasteiger partial charge in [-0.05, 0) is 56.5 Å². The summed E-state index contributed by atoms with van der Waals surface area (Å²) >= 11 is 0. The van der Waals surface area contributed by atoms with Crippen LogP contribution in [0.2, 0.25) is 0 Å². The first-order chi connectivity index (χ1) is 10.7. The number of anilines is 1. The summed E-state index contributed by atoms with van der Waals surface area (Å²) in [5.41, 5.74) is 8.16. The molecule has 126 valence electrons. The third-order valence-corrected chi connectivity index (χ3v) is 3.91. The summed E-state index contributed by atoms with van der Waals surface area (Å²) in [5, 5.41) is 0. The number of nitrogens with two attached hydrogens (primary N) is 1. The van der Waals surface area contributed by atoms with E-state index in [4.69, 9.17) is 10.5 Å². The predicted octanol–water partition coefficient (Wildman–Crippen LogP) is 4.50. The topological polar surface area (TPSA) is 38.5 Å². The van der Waals surface area contributed by atoms with Crippen LogP contribution < -0.4 is 10.5 Å². The minimum atomic E-state index is 0.728. The van der Waals surface area contributed by atoms with Crippen molar-refractivity contribution in [2.75, 3.05) is 32.0 Å². The van der Waals surface area contributed by atoms with E-state index in [1.165, 1.54) is 44.3 Å². The number of nitrogen functional groups attached to an aromatic ring is 1. The van der Waals surface area contributed by atoms with E-state index in [0.29, 0.717) is 0 Å². The van der Waals surface area contributed by atoms with Crippen molar-refractivity contribution in [3.8, 4) is 5.75 Å². The number of hydrogen-bond donors (Lipinski definition) is 1. The smallest absolute Gasteiger partial charge is 0.142 e. The lowest BCUT2D eigenvalue weighted by Crippen LogP contribution is -2.28. The fraction of sp³-hybridized carbons (Fsp3) is 0.684. The molecule has 0 aromatic heterocycles. The van der Waals surface area contributed by atoms with Gasteiger partial charge in [-0.1, -0.05) is 39.7 Å². The van der Waals surface area contributed by atoms with Crippen molar-refractivity contribution in [2.45, 2.75) is 59.3 Å². The van der Waals surface area contributed by atoms with E-state index in [1.807, 2.05) is 6.07 Å². The number of hydrogen-bond acceptors (Lipinski definition) is 3. The van der Waals surface area contributed by atoms with Gasteiger partial charge in [0.15, 0.2) is 0 Å². The SMILES string of the molecule is CCCCN(CCCC)CCc1ccc(OCCC)c(N)c1. The molecule has 0 spiro atoms. The molecule has 0 saturated heterocycles. The van der Waals surface area contributed by atoms with Crippen LogP contribution in [0.25, 0.3) is 0 Å². The monoisotopic (exact) mass is 306 g/mol. The van der Waals surface area contributed by atoms with Crippen LogP contribution in [0.1, 0.15) is 58.4 Å². The second-order valence-corrected chi connectivity index (χ2v) is 6.02. The van der Waals surface area contributed by atoms with Crippen molar-refractivity contribution in [2.24, 2.45) is 0 Å². The average Bonchev–Trinajstić information content (AvgIpc) is 2.53. The van der Waals surface area contributed by atoms with Gasteiger partial charge in [-0.3, -0.25) is 0 Å². The normalized spacial score (nSPS) is 11.1. The largest absolute Gasteiger partial charge is 0.491 e. The molecule has 3 heteroatoms. The Morgan fingerprint density at radius 3 is 2.18 bits per heavy atom. The van der Waals surface area contributed by atoms with Gasteiger partial charge in [0, 0.05) is 6.54 Å². The second kappa shape index (κ2) is 11.4. The average molecular weight is 306 g/mol. The van der Waals surface area contributed by atoms with Crippen LogP contribution in [0.3, 0.4) is 0 Å². The summed E-state index contributed by atoms with van der Waals surface area (Å²) in [6.45, 7) is 10.9. The van der Waals surface area contributed by atoms with E-state index >= 15 is 0 Å². The highest BCUT2D eigenvalue weighted by Crippen LogP contribution is 2.23. The maximum atomic E-state index is 6.09. The van der Waals surface area contributed by atoms with E-state index in [0.717, 1.165) is 37.4 Å². The molecule has 0 fully saturated rings. The van der Waals surface area contributed by atoms with Crippen LogP contribution in [0.4, 0.5) is 5.69 Å². The molecular weight excluding hydrogens is 272 g/mol.